The summed E-state index contributed by atoms with van der Waals surface area (Å²) in [5.74, 6) is -0.845. The lowest BCUT2D eigenvalue weighted by molar-refractivity contribution is 0.334. The molecular formula is C22H29N5O6S2. The standard InChI is InChI=1S/C22H29N5O6S2/c1-13(2)11-16-19(28)18(21(29)27(24-16)10-9-22(3,4)5)20-23-15-8-7-14(25-34(6,30)31)12-17(15)35(32,33)26-20/h7-8,11-12,25,28H,9-10H2,1-6H3,(H,23,26). The van der Waals surface area contributed by atoms with Gasteiger partial charge in [0, 0.05) is 12.2 Å². The maximum absolute atomic E-state index is 13.3. The van der Waals surface area contributed by atoms with Crippen LogP contribution in [0.25, 0.3) is 6.08 Å². The zero-order chi connectivity index (χ0) is 26.3. The van der Waals surface area contributed by atoms with E-state index in [-0.39, 0.29) is 45.3 Å². The molecule has 35 heavy (non-hydrogen) atoms. The van der Waals surface area contributed by atoms with E-state index in [4.69, 9.17) is 0 Å². The molecule has 0 radical (unpaired) electrons. The Morgan fingerprint density at radius 3 is 2.49 bits per heavy atom. The minimum Gasteiger partial charge on any atom is -0.505 e. The first-order valence-corrected chi connectivity index (χ1v) is 14.1. The molecule has 11 nitrogen and oxygen atoms in total. The van der Waals surface area contributed by atoms with Crippen LogP contribution in [-0.2, 0) is 26.6 Å². The summed E-state index contributed by atoms with van der Waals surface area (Å²) < 4.78 is 54.7. The van der Waals surface area contributed by atoms with Crippen LogP contribution in [0.4, 0.5) is 11.4 Å². The molecule has 3 N–H and O–H groups in total. The molecule has 2 aromatic rings. The quantitative estimate of drug-likeness (QED) is 0.524. The van der Waals surface area contributed by atoms with Gasteiger partial charge in [0.05, 0.1) is 11.9 Å². The van der Waals surface area contributed by atoms with E-state index in [1.165, 1.54) is 16.8 Å². The Labute approximate surface area is 204 Å². The molecule has 0 atom stereocenters. The van der Waals surface area contributed by atoms with E-state index in [2.05, 4.69) is 19.5 Å². The maximum atomic E-state index is 13.3. The summed E-state index contributed by atoms with van der Waals surface area (Å²) in [5, 5.41) is 15.2. The van der Waals surface area contributed by atoms with Crippen LogP contribution in [0, 0.1) is 5.41 Å². The van der Waals surface area contributed by atoms with Gasteiger partial charge >= 0.3 is 0 Å². The molecule has 0 spiro atoms. The second-order valence-corrected chi connectivity index (χ2v) is 13.2. The van der Waals surface area contributed by atoms with Gasteiger partial charge in [0.25, 0.3) is 15.6 Å². The number of allylic oxidation sites excluding steroid dienone is 1. The molecule has 2 heterocycles. The second-order valence-electron chi connectivity index (χ2n) is 9.79. The van der Waals surface area contributed by atoms with Crippen LogP contribution in [-0.4, -0.2) is 43.8 Å². The molecule has 1 aromatic carbocycles. The predicted molar refractivity (Wildman–Crippen MR) is 135 cm³/mol. The van der Waals surface area contributed by atoms with Crippen molar-refractivity contribution in [3.05, 3.63) is 45.4 Å². The molecule has 3 rings (SSSR count). The molecule has 1 aromatic heterocycles. The van der Waals surface area contributed by atoms with E-state index < -0.39 is 31.4 Å². The minimum atomic E-state index is -4.25. The summed E-state index contributed by atoms with van der Waals surface area (Å²) in [4.78, 5) is 17.3. The molecule has 0 aliphatic carbocycles. The highest BCUT2D eigenvalue weighted by atomic mass is 32.2. The lowest BCUT2D eigenvalue weighted by Gasteiger charge is -2.21. The van der Waals surface area contributed by atoms with E-state index in [0.717, 1.165) is 17.9 Å². The number of hydrogen-bond donors (Lipinski definition) is 3. The summed E-state index contributed by atoms with van der Waals surface area (Å²) in [6.45, 7) is 9.88. The van der Waals surface area contributed by atoms with Crippen molar-refractivity contribution >= 4 is 43.3 Å². The van der Waals surface area contributed by atoms with Crippen LogP contribution in [0.1, 0.15) is 52.3 Å². The van der Waals surface area contributed by atoms with Gasteiger partial charge < -0.3 is 5.11 Å². The highest BCUT2D eigenvalue weighted by Crippen LogP contribution is 2.33. The smallest absolute Gasteiger partial charge is 0.281 e. The van der Waals surface area contributed by atoms with Crippen LogP contribution < -0.4 is 15.0 Å². The van der Waals surface area contributed by atoms with Gasteiger partial charge in [-0.15, -0.1) is 0 Å². The SMILES string of the molecule is CC(C)=Cc1nn(CCC(C)(C)C)c(=O)c(C2=Nc3ccc(NS(C)(=O)=O)cc3S(=O)(=O)N2)c1O. The van der Waals surface area contributed by atoms with Gasteiger partial charge in [0.15, 0.2) is 11.6 Å². The molecule has 1 aliphatic heterocycles. The van der Waals surface area contributed by atoms with E-state index in [9.17, 15) is 26.7 Å². The first-order valence-electron chi connectivity index (χ1n) is 10.7. The number of anilines is 1. The summed E-state index contributed by atoms with van der Waals surface area (Å²) in [6.07, 6.45) is 3.13. The number of amidine groups is 1. The zero-order valence-corrected chi connectivity index (χ0v) is 22.0. The van der Waals surface area contributed by atoms with Gasteiger partial charge in [-0.3, -0.25) is 14.2 Å². The summed E-state index contributed by atoms with van der Waals surface area (Å²) in [6, 6.07) is 3.79. The number of rotatable bonds is 6. The average Bonchev–Trinajstić information content (AvgIpc) is 2.67. The van der Waals surface area contributed by atoms with Crippen molar-refractivity contribution in [1.29, 1.82) is 0 Å². The fraction of sp³-hybridized carbons (Fsp3) is 0.409. The third kappa shape index (κ3) is 6.28. The molecule has 0 saturated carbocycles. The van der Waals surface area contributed by atoms with E-state index in [1.54, 1.807) is 19.9 Å². The van der Waals surface area contributed by atoms with Crippen molar-refractivity contribution in [2.75, 3.05) is 11.0 Å². The Hall–Kier alpha value is -3.19. The highest BCUT2D eigenvalue weighted by molar-refractivity contribution is 7.92. The van der Waals surface area contributed by atoms with Gasteiger partial charge in [0.1, 0.15) is 16.2 Å². The van der Waals surface area contributed by atoms with Crippen molar-refractivity contribution in [1.82, 2.24) is 14.5 Å². The second kappa shape index (κ2) is 9.11. The molecule has 0 unspecified atom stereocenters. The topological polar surface area (TPSA) is 160 Å². The molecule has 0 saturated heterocycles. The number of nitrogens with zero attached hydrogens (tertiary/aromatic N) is 3. The van der Waals surface area contributed by atoms with Crippen molar-refractivity contribution in [2.45, 2.75) is 52.5 Å². The molecular weight excluding hydrogens is 494 g/mol. The third-order valence-electron chi connectivity index (χ3n) is 4.91. The van der Waals surface area contributed by atoms with Crippen LogP contribution in [0.5, 0.6) is 5.75 Å². The highest BCUT2D eigenvalue weighted by Gasteiger charge is 2.31. The number of hydrogen-bond acceptors (Lipinski definition) is 8. The van der Waals surface area contributed by atoms with Gasteiger partial charge in [-0.05, 0) is 50.0 Å². The summed E-state index contributed by atoms with van der Waals surface area (Å²) in [5.41, 5.74) is -0.185. The maximum Gasteiger partial charge on any atom is 0.281 e. The Balaban J connectivity index is 2.22. The Kier molecular flexibility index (Phi) is 6.88. The van der Waals surface area contributed by atoms with E-state index in [1.807, 2.05) is 20.8 Å². The molecule has 1 aliphatic rings. The molecule has 190 valence electrons. The molecule has 0 bridgehead atoms. The number of aromatic hydroxyl groups is 1. The predicted octanol–water partition coefficient (Wildman–Crippen LogP) is 2.55. The third-order valence-corrected chi connectivity index (χ3v) is 6.88. The number of aliphatic imine (C=N–C) groups is 1. The van der Waals surface area contributed by atoms with Crippen molar-refractivity contribution < 1.29 is 21.9 Å². The number of fused-ring (bicyclic) bond motifs is 1. The normalized spacial score (nSPS) is 15.0. The molecule has 13 heteroatoms. The van der Waals surface area contributed by atoms with E-state index >= 15 is 0 Å². The molecule has 0 amide bonds. The number of nitrogens with one attached hydrogen (secondary N) is 2. The largest absolute Gasteiger partial charge is 0.505 e. The number of aromatic nitrogens is 2. The lowest BCUT2D eigenvalue weighted by atomic mass is 9.92. The first kappa shape index (κ1) is 26.4. The Morgan fingerprint density at radius 2 is 1.91 bits per heavy atom. The monoisotopic (exact) mass is 523 g/mol. The first-order chi connectivity index (χ1) is 16.0. The Morgan fingerprint density at radius 1 is 1.26 bits per heavy atom. The summed E-state index contributed by atoms with van der Waals surface area (Å²) >= 11 is 0. The lowest BCUT2D eigenvalue weighted by Crippen LogP contribution is -2.40. The molecule has 0 fully saturated rings. The van der Waals surface area contributed by atoms with Crippen molar-refractivity contribution in [2.24, 2.45) is 10.4 Å². The number of sulfonamides is 2. The summed E-state index contributed by atoms with van der Waals surface area (Å²) in [7, 11) is -7.88. The van der Waals surface area contributed by atoms with Crippen LogP contribution in [0.15, 0.2) is 38.5 Å². The fourth-order valence-corrected chi connectivity index (χ4v) is 5.03. The van der Waals surface area contributed by atoms with E-state index in [0.29, 0.717) is 6.42 Å². The van der Waals surface area contributed by atoms with Gasteiger partial charge in [-0.25, -0.2) is 26.5 Å². The van der Waals surface area contributed by atoms with Crippen LogP contribution >= 0.6 is 0 Å². The minimum absolute atomic E-state index is 0.0154. The van der Waals surface area contributed by atoms with Gasteiger partial charge in [0.2, 0.25) is 10.0 Å². The Bertz CT molecular complexity index is 1510. The average molecular weight is 524 g/mol. The van der Waals surface area contributed by atoms with Gasteiger partial charge in [-0.1, -0.05) is 26.3 Å². The number of aryl methyl sites for hydroxylation is 1. The van der Waals surface area contributed by atoms with Crippen LogP contribution in [0.2, 0.25) is 0 Å². The van der Waals surface area contributed by atoms with Crippen molar-refractivity contribution in [3.63, 3.8) is 0 Å². The van der Waals surface area contributed by atoms with Crippen LogP contribution in [0.3, 0.4) is 0 Å². The number of benzene rings is 1. The zero-order valence-electron chi connectivity index (χ0n) is 20.4. The van der Waals surface area contributed by atoms with Gasteiger partial charge in [-0.2, -0.15) is 5.10 Å². The van der Waals surface area contributed by atoms with Crippen molar-refractivity contribution in [3.8, 4) is 5.75 Å². The fourth-order valence-electron chi connectivity index (χ4n) is 3.29.